The van der Waals surface area contributed by atoms with Crippen molar-refractivity contribution < 1.29 is 14.3 Å². The van der Waals surface area contributed by atoms with Gasteiger partial charge in [0.25, 0.3) is 0 Å². The molecule has 94 valence electrons. The topological polar surface area (TPSA) is 61.5 Å². The summed E-state index contributed by atoms with van der Waals surface area (Å²) in [6, 6.07) is 7.26. The molecule has 1 rings (SSSR count). The summed E-state index contributed by atoms with van der Waals surface area (Å²) in [5, 5.41) is 0. The number of esters is 1. The molecule has 0 saturated carbocycles. The van der Waals surface area contributed by atoms with Crippen LogP contribution in [0, 0.1) is 0 Å². The smallest absolute Gasteiger partial charge is 0.323 e. The van der Waals surface area contributed by atoms with Gasteiger partial charge in [-0.25, -0.2) is 0 Å². The first-order chi connectivity index (χ1) is 8.17. The second-order valence-electron chi connectivity index (χ2n) is 3.49. The van der Waals surface area contributed by atoms with Crippen molar-refractivity contribution in [3.05, 3.63) is 29.8 Å². The maximum absolute atomic E-state index is 11.1. The summed E-state index contributed by atoms with van der Waals surface area (Å²) in [5.74, 6) is 1.84. The van der Waals surface area contributed by atoms with E-state index in [4.69, 9.17) is 10.5 Å². The van der Waals surface area contributed by atoms with Crippen LogP contribution in [0.4, 0.5) is 0 Å². The van der Waals surface area contributed by atoms with Gasteiger partial charge in [0, 0.05) is 11.5 Å². The minimum absolute atomic E-state index is 0.368. The number of methoxy groups -OCH3 is 2. The van der Waals surface area contributed by atoms with Gasteiger partial charge in [0.15, 0.2) is 0 Å². The first kappa shape index (κ1) is 13.9. The zero-order chi connectivity index (χ0) is 12.7. The number of carbonyl (C=O) groups is 1. The van der Waals surface area contributed by atoms with Gasteiger partial charge in [0.2, 0.25) is 0 Å². The summed E-state index contributed by atoms with van der Waals surface area (Å²) in [5.41, 5.74) is 6.80. The standard InChI is InChI=1S/C12H17NO3S/c1-15-10-5-3-9(4-6-10)7-17-8-11(13)12(14)16-2/h3-6,11H,7-8,13H2,1-2H3. The third-order valence-corrected chi connectivity index (χ3v) is 3.36. The summed E-state index contributed by atoms with van der Waals surface area (Å²) in [6.07, 6.45) is 0. The van der Waals surface area contributed by atoms with Crippen LogP contribution in [0.3, 0.4) is 0 Å². The van der Waals surface area contributed by atoms with Crippen LogP contribution in [0.25, 0.3) is 0 Å². The van der Waals surface area contributed by atoms with Crippen molar-refractivity contribution in [1.29, 1.82) is 0 Å². The van der Waals surface area contributed by atoms with Gasteiger partial charge in [-0.1, -0.05) is 12.1 Å². The maximum Gasteiger partial charge on any atom is 0.323 e. The Morgan fingerprint density at radius 2 is 2.00 bits per heavy atom. The summed E-state index contributed by atoms with van der Waals surface area (Å²) < 4.78 is 9.62. The Hall–Kier alpha value is -1.20. The highest BCUT2D eigenvalue weighted by Gasteiger charge is 2.12. The van der Waals surface area contributed by atoms with Gasteiger partial charge in [-0.2, -0.15) is 11.8 Å². The molecular weight excluding hydrogens is 238 g/mol. The lowest BCUT2D eigenvalue weighted by Gasteiger charge is -2.08. The number of hydrogen-bond acceptors (Lipinski definition) is 5. The fourth-order valence-corrected chi connectivity index (χ4v) is 2.18. The minimum atomic E-state index is -0.553. The highest BCUT2D eigenvalue weighted by Crippen LogP contribution is 2.16. The molecule has 1 unspecified atom stereocenters. The van der Waals surface area contributed by atoms with Gasteiger partial charge >= 0.3 is 5.97 Å². The van der Waals surface area contributed by atoms with E-state index in [9.17, 15) is 4.79 Å². The third kappa shape index (κ3) is 4.66. The fraction of sp³-hybridized carbons (Fsp3) is 0.417. The predicted octanol–water partition coefficient (Wildman–Crippen LogP) is 1.43. The van der Waals surface area contributed by atoms with E-state index in [1.165, 1.54) is 12.7 Å². The molecule has 4 nitrogen and oxygen atoms in total. The van der Waals surface area contributed by atoms with Crippen LogP contribution < -0.4 is 10.5 Å². The Morgan fingerprint density at radius 1 is 1.35 bits per heavy atom. The zero-order valence-electron chi connectivity index (χ0n) is 10.0. The van der Waals surface area contributed by atoms with Crippen LogP contribution in [-0.2, 0) is 15.3 Å². The third-order valence-electron chi connectivity index (χ3n) is 2.23. The molecule has 0 saturated heterocycles. The Morgan fingerprint density at radius 3 is 2.53 bits per heavy atom. The number of benzene rings is 1. The normalized spacial score (nSPS) is 11.9. The number of ether oxygens (including phenoxy) is 2. The summed E-state index contributed by atoms with van der Waals surface area (Å²) in [7, 11) is 2.98. The zero-order valence-corrected chi connectivity index (χ0v) is 10.8. The minimum Gasteiger partial charge on any atom is -0.497 e. The average Bonchev–Trinajstić information content (AvgIpc) is 2.38. The van der Waals surface area contributed by atoms with Crippen molar-refractivity contribution >= 4 is 17.7 Å². The van der Waals surface area contributed by atoms with Crippen LogP contribution in [0.1, 0.15) is 5.56 Å². The largest absolute Gasteiger partial charge is 0.497 e. The molecule has 0 amide bonds. The van der Waals surface area contributed by atoms with Crippen LogP contribution >= 0.6 is 11.8 Å². The van der Waals surface area contributed by atoms with Gasteiger partial charge in [0.05, 0.1) is 14.2 Å². The first-order valence-corrected chi connectivity index (χ1v) is 6.37. The van der Waals surface area contributed by atoms with Crippen molar-refractivity contribution in [1.82, 2.24) is 0 Å². The fourth-order valence-electron chi connectivity index (χ4n) is 1.24. The van der Waals surface area contributed by atoms with Crippen LogP contribution in [0.2, 0.25) is 0 Å². The van der Waals surface area contributed by atoms with E-state index < -0.39 is 6.04 Å². The molecule has 0 bridgehead atoms. The van der Waals surface area contributed by atoms with E-state index in [2.05, 4.69) is 4.74 Å². The lowest BCUT2D eigenvalue weighted by atomic mass is 10.2. The van der Waals surface area contributed by atoms with Gasteiger partial charge in [-0.3, -0.25) is 4.79 Å². The molecule has 0 radical (unpaired) electrons. The molecule has 5 heteroatoms. The second-order valence-corrected chi connectivity index (χ2v) is 4.52. The predicted molar refractivity (Wildman–Crippen MR) is 69.1 cm³/mol. The van der Waals surface area contributed by atoms with Crippen molar-refractivity contribution in [2.24, 2.45) is 5.73 Å². The van der Waals surface area contributed by atoms with E-state index in [0.29, 0.717) is 5.75 Å². The van der Waals surface area contributed by atoms with E-state index >= 15 is 0 Å². The SMILES string of the molecule is COC(=O)C(N)CSCc1ccc(OC)cc1. The molecule has 0 spiro atoms. The molecule has 0 aliphatic heterocycles. The molecular formula is C12H17NO3S. The molecule has 1 atom stereocenters. The monoisotopic (exact) mass is 255 g/mol. The molecule has 0 aromatic heterocycles. The average molecular weight is 255 g/mol. The Bertz CT molecular complexity index is 353. The molecule has 2 N–H and O–H groups in total. The highest BCUT2D eigenvalue weighted by atomic mass is 32.2. The van der Waals surface area contributed by atoms with Gasteiger partial charge in [-0.15, -0.1) is 0 Å². The van der Waals surface area contributed by atoms with E-state index in [0.717, 1.165) is 11.5 Å². The van der Waals surface area contributed by atoms with Crippen LogP contribution in [0.5, 0.6) is 5.75 Å². The molecule has 0 heterocycles. The lowest BCUT2D eigenvalue weighted by molar-refractivity contribution is -0.141. The number of hydrogen-bond donors (Lipinski definition) is 1. The highest BCUT2D eigenvalue weighted by molar-refractivity contribution is 7.98. The quantitative estimate of drug-likeness (QED) is 0.779. The molecule has 0 fully saturated rings. The van der Waals surface area contributed by atoms with E-state index in [1.54, 1.807) is 18.9 Å². The maximum atomic E-state index is 11.1. The second kappa shape index (κ2) is 7.19. The van der Waals surface area contributed by atoms with Crippen molar-refractivity contribution in [3.8, 4) is 5.75 Å². The summed E-state index contributed by atoms with van der Waals surface area (Å²) in [4.78, 5) is 11.1. The Balaban J connectivity index is 2.33. The van der Waals surface area contributed by atoms with Crippen molar-refractivity contribution in [2.45, 2.75) is 11.8 Å². The van der Waals surface area contributed by atoms with Crippen LogP contribution in [-0.4, -0.2) is 32.0 Å². The molecule has 0 aliphatic carbocycles. The van der Waals surface area contributed by atoms with E-state index in [1.807, 2.05) is 24.3 Å². The molecule has 17 heavy (non-hydrogen) atoms. The van der Waals surface area contributed by atoms with Gasteiger partial charge in [0.1, 0.15) is 11.8 Å². The van der Waals surface area contributed by atoms with Crippen LogP contribution in [0.15, 0.2) is 24.3 Å². The number of rotatable bonds is 6. The lowest BCUT2D eigenvalue weighted by Crippen LogP contribution is -2.33. The van der Waals surface area contributed by atoms with Crippen molar-refractivity contribution in [2.75, 3.05) is 20.0 Å². The van der Waals surface area contributed by atoms with Gasteiger partial charge < -0.3 is 15.2 Å². The number of carbonyl (C=O) groups excluding carboxylic acids is 1. The van der Waals surface area contributed by atoms with Gasteiger partial charge in [-0.05, 0) is 17.7 Å². The molecule has 0 aliphatic rings. The number of nitrogens with two attached hydrogens (primary N) is 1. The van der Waals surface area contributed by atoms with E-state index in [-0.39, 0.29) is 5.97 Å². The molecule has 1 aromatic carbocycles. The first-order valence-electron chi connectivity index (χ1n) is 5.21. The summed E-state index contributed by atoms with van der Waals surface area (Å²) in [6.45, 7) is 0. The molecule has 1 aromatic rings. The number of thioether (sulfide) groups is 1. The Kier molecular flexibility index (Phi) is 5.86. The van der Waals surface area contributed by atoms with Crippen molar-refractivity contribution in [3.63, 3.8) is 0 Å². The Labute approximate surface area is 105 Å². The summed E-state index contributed by atoms with van der Waals surface area (Å²) >= 11 is 1.60.